The first-order valence-electron chi connectivity index (χ1n) is 7.88. The van der Waals surface area contributed by atoms with E-state index in [1.807, 2.05) is 20.8 Å². The Morgan fingerprint density at radius 2 is 1.90 bits per heavy atom. The van der Waals surface area contributed by atoms with Gasteiger partial charge in [-0.25, -0.2) is 4.79 Å². The zero-order valence-corrected chi connectivity index (χ0v) is 13.2. The standard InChI is InChI=1S/C15H29N3O2/c1-15(2,3)20-14(19)18-11-13(12-18)16-7-6-10-17-8-4-5-9-17/h13,16H,4-12H2,1-3H3. The maximum atomic E-state index is 11.8. The number of carbonyl (C=O) groups excluding carboxylic acids is 1. The molecule has 2 rings (SSSR count). The minimum Gasteiger partial charge on any atom is -0.444 e. The molecule has 0 aromatic rings. The van der Waals surface area contributed by atoms with Gasteiger partial charge in [0.05, 0.1) is 0 Å². The number of ether oxygens (including phenoxy) is 1. The molecule has 1 amide bonds. The van der Waals surface area contributed by atoms with E-state index in [4.69, 9.17) is 4.74 Å². The lowest BCUT2D eigenvalue weighted by atomic mass is 10.1. The van der Waals surface area contributed by atoms with Crippen LogP contribution < -0.4 is 5.32 Å². The summed E-state index contributed by atoms with van der Waals surface area (Å²) in [5.41, 5.74) is -0.397. The second kappa shape index (κ2) is 6.76. The summed E-state index contributed by atoms with van der Waals surface area (Å²) in [6.07, 6.45) is 3.73. The second-order valence-electron chi connectivity index (χ2n) is 6.94. The number of amides is 1. The quantitative estimate of drug-likeness (QED) is 0.780. The highest BCUT2D eigenvalue weighted by Gasteiger charge is 2.33. The van der Waals surface area contributed by atoms with Crippen molar-refractivity contribution in [2.45, 2.75) is 51.7 Å². The largest absolute Gasteiger partial charge is 0.444 e. The van der Waals surface area contributed by atoms with E-state index in [1.54, 1.807) is 4.90 Å². The van der Waals surface area contributed by atoms with E-state index in [1.165, 1.54) is 38.9 Å². The molecule has 0 atom stereocenters. The van der Waals surface area contributed by atoms with Gasteiger partial charge in [-0.2, -0.15) is 0 Å². The van der Waals surface area contributed by atoms with Crippen LogP contribution in [0.3, 0.4) is 0 Å². The number of nitrogens with zero attached hydrogens (tertiary/aromatic N) is 2. The summed E-state index contributed by atoms with van der Waals surface area (Å²) < 4.78 is 5.34. The minimum atomic E-state index is -0.397. The molecule has 0 aromatic heterocycles. The van der Waals surface area contributed by atoms with E-state index in [2.05, 4.69) is 10.2 Å². The van der Waals surface area contributed by atoms with E-state index in [-0.39, 0.29) is 6.09 Å². The highest BCUT2D eigenvalue weighted by molar-refractivity contribution is 5.69. The van der Waals surface area contributed by atoms with Crippen LogP contribution in [0.2, 0.25) is 0 Å². The van der Waals surface area contributed by atoms with Crippen molar-refractivity contribution in [3.63, 3.8) is 0 Å². The van der Waals surface area contributed by atoms with E-state index in [0.717, 1.165) is 19.6 Å². The van der Waals surface area contributed by atoms with Crippen LogP contribution in [0, 0.1) is 0 Å². The first kappa shape index (κ1) is 15.6. The van der Waals surface area contributed by atoms with Crippen molar-refractivity contribution in [3.8, 4) is 0 Å². The van der Waals surface area contributed by atoms with Gasteiger partial charge in [-0.3, -0.25) is 0 Å². The molecule has 0 aromatic carbocycles. The van der Waals surface area contributed by atoms with Crippen LogP contribution in [0.1, 0.15) is 40.0 Å². The molecule has 2 heterocycles. The van der Waals surface area contributed by atoms with Gasteiger partial charge in [-0.1, -0.05) is 0 Å². The van der Waals surface area contributed by atoms with Crippen molar-refractivity contribution in [3.05, 3.63) is 0 Å². The Bertz CT molecular complexity index is 316. The minimum absolute atomic E-state index is 0.187. The summed E-state index contributed by atoms with van der Waals surface area (Å²) in [6, 6.07) is 0.445. The van der Waals surface area contributed by atoms with Crippen LogP contribution >= 0.6 is 0 Å². The van der Waals surface area contributed by atoms with Crippen LogP contribution in [-0.2, 0) is 4.74 Å². The first-order valence-corrected chi connectivity index (χ1v) is 7.88. The van der Waals surface area contributed by atoms with Crippen molar-refractivity contribution >= 4 is 6.09 Å². The van der Waals surface area contributed by atoms with E-state index >= 15 is 0 Å². The lowest BCUT2D eigenvalue weighted by Crippen LogP contribution is -2.60. The number of hydrogen-bond acceptors (Lipinski definition) is 4. The predicted molar refractivity (Wildman–Crippen MR) is 79.9 cm³/mol. The summed E-state index contributed by atoms with van der Waals surface area (Å²) in [5.74, 6) is 0. The maximum Gasteiger partial charge on any atom is 0.410 e. The highest BCUT2D eigenvalue weighted by Crippen LogP contribution is 2.15. The Kier molecular flexibility index (Phi) is 5.27. The molecule has 2 aliphatic rings. The Morgan fingerprint density at radius 1 is 1.25 bits per heavy atom. The third-order valence-electron chi connectivity index (χ3n) is 3.82. The Morgan fingerprint density at radius 3 is 2.50 bits per heavy atom. The molecule has 0 bridgehead atoms. The lowest BCUT2D eigenvalue weighted by molar-refractivity contribution is 0.00532. The molecule has 0 aliphatic carbocycles. The number of likely N-dealkylation sites (tertiary alicyclic amines) is 2. The molecule has 116 valence electrons. The van der Waals surface area contributed by atoms with Crippen LogP contribution in [0.5, 0.6) is 0 Å². The van der Waals surface area contributed by atoms with Gasteiger partial charge in [-0.05, 0) is 66.2 Å². The molecule has 2 aliphatic heterocycles. The average Bonchev–Trinajstić information content (AvgIpc) is 2.76. The van der Waals surface area contributed by atoms with Crippen molar-refractivity contribution in [2.24, 2.45) is 0 Å². The summed E-state index contributed by atoms with van der Waals surface area (Å²) >= 11 is 0. The molecular weight excluding hydrogens is 254 g/mol. The number of nitrogens with one attached hydrogen (secondary N) is 1. The summed E-state index contributed by atoms with van der Waals surface area (Å²) in [5, 5.41) is 3.51. The van der Waals surface area contributed by atoms with E-state index in [9.17, 15) is 4.79 Å². The summed E-state index contributed by atoms with van der Waals surface area (Å²) in [6.45, 7) is 12.1. The Balaban J connectivity index is 1.50. The van der Waals surface area contributed by atoms with Crippen LogP contribution in [0.25, 0.3) is 0 Å². The van der Waals surface area contributed by atoms with Crippen LogP contribution in [0.4, 0.5) is 4.79 Å². The fourth-order valence-electron chi connectivity index (χ4n) is 2.70. The van der Waals surface area contributed by atoms with Gasteiger partial charge < -0.3 is 19.9 Å². The smallest absolute Gasteiger partial charge is 0.410 e. The molecule has 0 unspecified atom stereocenters. The molecular formula is C15H29N3O2. The average molecular weight is 283 g/mol. The zero-order valence-electron chi connectivity index (χ0n) is 13.2. The van der Waals surface area contributed by atoms with Gasteiger partial charge >= 0.3 is 6.09 Å². The van der Waals surface area contributed by atoms with Gasteiger partial charge in [0, 0.05) is 19.1 Å². The highest BCUT2D eigenvalue weighted by atomic mass is 16.6. The maximum absolute atomic E-state index is 11.8. The molecule has 20 heavy (non-hydrogen) atoms. The Hall–Kier alpha value is -0.810. The SMILES string of the molecule is CC(C)(C)OC(=O)N1CC(NCCCN2CCCC2)C1. The van der Waals surface area contributed by atoms with Gasteiger partial charge in [0.15, 0.2) is 0 Å². The molecule has 0 radical (unpaired) electrons. The molecule has 2 saturated heterocycles. The number of hydrogen-bond donors (Lipinski definition) is 1. The molecule has 5 nitrogen and oxygen atoms in total. The normalized spacial score (nSPS) is 21.1. The van der Waals surface area contributed by atoms with Gasteiger partial charge in [-0.15, -0.1) is 0 Å². The van der Waals surface area contributed by atoms with Crippen LogP contribution in [0.15, 0.2) is 0 Å². The van der Waals surface area contributed by atoms with Gasteiger partial charge in [0.25, 0.3) is 0 Å². The van der Waals surface area contributed by atoms with Crippen molar-refractivity contribution in [2.75, 3.05) is 39.3 Å². The van der Waals surface area contributed by atoms with Crippen molar-refractivity contribution < 1.29 is 9.53 Å². The molecule has 1 N–H and O–H groups in total. The lowest BCUT2D eigenvalue weighted by Gasteiger charge is -2.40. The van der Waals surface area contributed by atoms with Crippen LogP contribution in [-0.4, -0.2) is 66.8 Å². The molecule has 0 saturated carbocycles. The second-order valence-corrected chi connectivity index (χ2v) is 6.94. The number of carbonyl (C=O) groups is 1. The monoisotopic (exact) mass is 283 g/mol. The molecule has 0 spiro atoms. The van der Waals surface area contributed by atoms with E-state index in [0.29, 0.717) is 6.04 Å². The molecule has 5 heteroatoms. The third kappa shape index (κ3) is 4.94. The topological polar surface area (TPSA) is 44.8 Å². The van der Waals surface area contributed by atoms with Crippen molar-refractivity contribution in [1.82, 2.24) is 15.1 Å². The summed E-state index contributed by atoms with van der Waals surface area (Å²) in [7, 11) is 0. The number of rotatable bonds is 5. The van der Waals surface area contributed by atoms with E-state index < -0.39 is 5.60 Å². The zero-order chi connectivity index (χ0) is 14.6. The third-order valence-corrected chi connectivity index (χ3v) is 3.82. The summed E-state index contributed by atoms with van der Waals surface area (Å²) in [4.78, 5) is 16.1. The van der Waals surface area contributed by atoms with Gasteiger partial charge in [0.1, 0.15) is 5.60 Å². The predicted octanol–water partition coefficient (Wildman–Crippen LogP) is 1.68. The van der Waals surface area contributed by atoms with Crippen molar-refractivity contribution in [1.29, 1.82) is 0 Å². The first-order chi connectivity index (χ1) is 9.44. The Labute approximate surface area is 122 Å². The molecule has 2 fully saturated rings. The fourth-order valence-corrected chi connectivity index (χ4v) is 2.70. The fraction of sp³-hybridized carbons (Fsp3) is 0.933. The van der Waals surface area contributed by atoms with Gasteiger partial charge in [0.2, 0.25) is 0 Å².